The second-order valence-electron chi connectivity index (χ2n) is 5.39. The summed E-state index contributed by atoms with van der Waals surface area (Å²) in [5.74, 6) is -1.03. The number of thiophene rings is 1. The number of benzene rings is 2. The Morgan fingerprint density at radius 3 is 2.11 bits per heavy atom. The van der Waals surface area contributed by atoms with E-state index in [-0.39, 0.29) is 15.5 Å². The first kappa shape index (κ1) is 18.6. The molecule has 2 amide bonds. The van der Waals surface area contributed by atoms with Crippen LogP contribution in [0, 0.1) is 0 Å². The summed E-state index contributed by atoms with van der Waals surface area (Å²) in [6.45, 7) is 0. The van der Waals surface area contributed by atoms with Gasteiger partial charge in [0.2, 0.25) is 0 Å². The zero-order valence-electron chi connectivity index (χ0n) is 13.9. The molecule has 0 fully saturated rings. The standard InChI is InChI=1S/C18H15N3O4S2/c22-17(13-6-2-1-3-7-13)19-20-18(23)14-8-4-9-15(12-14)21-27(24,25)16-10-5-11-26-16/h1-12,21H,(H,19,22)(H,20,23). The minimum atomic E-state index is -3.71. The van der Waals surface area contributed by atoms with Gasteiger partial charge in [-0.1, -0.05) is 30.3 Å². The lowest BCUT2D eigenvalue weighted by Gasteiger charge is -2.10. The van der Waals surface area contributed by atoms with Gasteiger partial charge in [-0.05, 0) is 41.8 Å². The number of sulfonamides is 1. The molecular formula is C18H15N3O4S2. The Balaban J connectivity index is 1.66. The van der Waals surface area contributed by atoms with E-state index >= 15 is 0 Å². The van der Waals surface area contributed by atoms with Crippen LogP contribution in [0.2, 0.25) is 0 Å². The van der Waals surface area contributed by atoms with Crippen LogP contribution in [-0.4, -0.2) is 20.2 Å². The van der Waals surface area contributed by atoms with Crippen LogP contribution in [0.5, 0.6) is 0 Å². The highest BCUT2D eigenvalue weighted by atomic mass is 32.2. The summed E-state index contributed by atoms with van der Waals surface area (Å²) in [4.78, 5) is 24.2. The summed E-state index contributed by atoms with van der Waals surface area (Å²) in [5, 5.41) is 1.66. The number of rotatable bonds is 5. The van der Waals surface area contributed by atoms with Gasteiger partial charge in [0.1, 0.15) is 4.21 Å². The van der Waals surface area contributed by atoms with Crippen LogP contribution in [-0.2, 0) is 10.0 Å². The van der Waals surface area contributed by atoms with Crippen LogP contribution in [0.3, 0.4) is 0 Å². The van der Waals surface area contributed by atoms with Crippen molar-refractivity contribution < 1.29 is 18.0 Å². The normalized spacial score (nSPS) is 10.8. The molecule has 2 aromatic carbocycles. The monoisotopic (exact) mass is 401 g/mol. The lowest BCUT2D eigenvalue weighted by atomic mass is 10.2. The molecule has 0 saturated carbocycles. The number of amides is 2. The minimum Gasteiger partial charge on any atom is -0.279 e. The zero-order valence-corrected chi connectivity index (χ0v) is 15.5. The second kappa shape index (κ2) is 8.02. The third-order valence-corrected chi connectivity index (χ3v) is 6.24. The molecule has 0 unspecified atom stereocenters. The molecule has 9 heteroatoms. The summed E-state index contributed by atoms with van der Waals surface area (Å²) in [6, 6.07) is 17.5. The van der Waals surface area contributed by atoms with Gasteiger partial charge in [0, 0.05) is 16.8 Å². The Kier molecular flexibility index (Phi) is 5.53. The van der Waals surface area contributed by atoms with Crippen molar-refractivity contribution in [2.24, 2.45) is 0 Å². The largest absolute Gasteiger partial charge is 0.279 e. The highest BCUT2D eigenvalue weighted by Gasteiger charge is 2.16. The number of hydrogen-bond acceptors (Lipinski definition) is 5. The number of carbonyl (C=O) groups excluding carboxylic acids is 2. The molecule has 0 aliphatic carbocycles. The molecule has 3 rings (SSSR count). The summed E-state index contributed by atoms with van der Waals surface area (Å²) >= 11 is 1.09. The van der Waals surface area contributed by atoms with E-state index in [0.717, 1.165) is 11.3 Å². The first-order valence-corrected chi connectivity index (χ1v) is 10.1. The molecular weight excluding hydrogens is 386 g/mol. The van der Waals surface area contributed by atoms with Gasteiger partial charge in [0.25, 0.3) is 21.8 Å². The molecule has 27 heavy (non-hydrogen) atoms. The van der Waals surface area contributed by atoms with Crippen LogP contribution in [0.25, 0.3) is 0 Å². The third kappa shape index (κ3) is 4.72. The molecule has 0 aliphatic rings. The van der Waals surface area contributed by atoms with Crippen molar-refractivity contribution in [2.75, 3.05) is 4.72 Å². The average Bonchev–Trinajstić information content (AvgIpc) is 3.22. The molecule has 0 aliphatic heterocycles. The number of nitrogens with one attached hydrogen (secondary N) is 3. The first-order chi connectivity index (χ1) is 13.0. The Morgan fingerprint density at radius 1 is 0.778 bits per heavy atom. The molecule has 1 aromatic heterocycles. The zero-order chi connectivity index (χ0) is 19.3. The summed E-state index contributed by atoms with van der Waals surface area (Å²) in [5.41, 5.74) is 5.44. The van der Waals surface area contributed by atoms with Gasteiger partial charge in [-0.3, -0.25) is 25.2 Å². The van der Waals surface area contributed by atoms with E-state index in [1.54, 1.807) is 47.8 Å². The van der Waals surface area contributed by atoms with Gasteiger partial charge in [0.05, 0.1) is 0 Å². The number of hydrazine groups is 1. The van der Waals surface area contributed by atoms with Gasteiger partial charge in [-0.25, -0.2) is 8.42 Å². The summed E-state index contributed by atoms with van der Waals surface area (Å²) in [6.07, 6.45) is 0. The number of hydrogen-bond donors (Lipinski definition) is 3. The molecule has 0 atom stereocenters. The molecule has 0 radical (unpaired) electrons. The van der Waals surface area contributed by atoms with E-state index < -0.39 is 21.8 Å². The van der Waals surface area contributed by atoms with Crippen LogP contribution < -0.4 is 15.6 Å². The predicted molar refractivity (Wildman–Crippen MR) is 103 cm³/mol. The fourth-order valence-electron chi connectivity index (χ4n) is 2.19. The van der Waals surface area contributed by atoms with E-state index in [9.17, 15) is 18.0 Å². The maximum absolute atomic E-state index is 12.3. The van der Waals surface area contributed by atoms with Crippen LogP contribution in [0.15, 0.2) is 76.3 Å². The van der Waals surface area contributed by atoms with Crippen molar-refractivity contribution in [3.63, 3.8) is 0 Å². The SMILES string of the molecule is O=C(NNC(=O)c1cccc(NS(=O)(=O)c2cccs2)c1)c1ccccc1. The average molecular weight is 401 g/mol. The lowest BCUT2D eigenvalue weighted by molar-refractivity contribution is 0.0846. The van der Waals surface area contributed by atoms with E-state index in [1.165, 1.54) is 24.3 Å². The van der Waals surface area contributed by atoms with Crippen molar-refractivity contribution in [3.05, 3.63) is 83.2 Å². The maximum atomic E-state index is 12.3. The van der Waals surface area contributed by atoms with E-state index in [4.69, 9.17) is 0 Å². The van der Waals surface area contributed by atoms with Gasteiger partial charge in [-0.15, -0.1) is 11.3 Å². The summed E-state index contributed by atoms with van der Waals surface area (Å²) < 4.78 is 27.1. The number of anilines is 1. The van der Waals surface area contributed by atoms with Crippen LogP contribution in [0.4, 0.5) is 5.69 Å². The van der Waals surface area contributed by atoms with Crippen molar-refractivity contribution in [1.29, 1.82) is 0 Å². The van der Waals surface area contributed by atoms with Crippen LogP contribution in [0.1, 0.15) is 20.7 Å². The quantitative estimate of drug-likeness (QED) is 0.572. The molecule has 7 nitrogen and oxygen atoms in total. The molecule has 0 spiro atoms. The third-order valence-electron chi connectivity index (χ3n) is 3.46. The topological polar surface area (TPSA) is 104 Å². The maximum Gasteiger partial charge on any atom is 0.271 e. The molecule has 3 N–H and O–H groups in total. The summed E-state index contributed by atoms with van der Waals surface area (Å²) in [7, 11) is -3.71. The minimum absolute atomic E-state index is 0.174. The number of carbonyl (C=O) groups is 2. The highest BCUT2D eigenvalue weighted by molar-refractivity contribution is 7.94. The van der Waals surface area contributed by atoms with Gasteiger partial charge in [-0.2, -0.15) is 0 Å². The Labute approximate surface area is 160 Å². The first-order valence-electron chi connectivity index (χ1n) is 7.78. The van der Waals surface area contributed by atoms with Gasteiger partial charge in [0.15, 0.2) is 0 Å². The van der Waals surface area contributed by atoms with E-state index in [0.29, 0.717) is 5.56 Å². The van der Waals surface area contributed by atoms with Gasteiger partial charge < -0.3 is 0 Å². The smallest absolute Gasteiger partial charge is 0.271 e. The fourth-order valence-corrected chi connectivity index (χ4v) is 4.24. The van der Waals surface area contributed by atoms with Gasteiger partial charge >= 0.3 is 0 Å². The van der Waals surface area contributed by atoms with Crippen molar-refractivity contribution >= 4 is 38.9 Å². The Hall–Kier alpha value is -3.17. The fraction of sp³-hybridized carbons (Fsp3) is 0. The van der Waals surface area contributed by atoms with Crippen LogP contribution >= 0.6 is 11.3 Å². The lowest BCUT2D eigenvalue weighted by Crippen LogP contribution is -2.41. The van der Waals surface area contributed by atoms with E-state index in [1.807, 2.05) is 0 Å². The molecule has 1 heterocycles. The molecule has 0 bridgehead atoms. The molecule has 0 saturated heterocycles. The Morgan fingerprint density at radius 2 is 1.44 bits per heavy atom. The van der Waals surface area contributed by atoms with Crippen molar-refractivity contribution in [2.45, 2.75) is 4.21 Å². The molecule has 3 aromatic rings. The Bertz CT molecular complexity index is 1050. The van der Waals surface area contributed by atoms with E-state index in [2.05, 4.69) is 15.6 Å². The highest BCUT2D eigenvalue weighted by Crippen LogP contribution is 2.20. The molecule has 138 valence electrons. The van der Waals surface area contributed by atoms with Crippen molar-refractivity contribution in [1.82, 2.24) is 10.9 Å². The predicted octanol–water partition coefficient (Wildman–Crippen LogP) is 2.62. The van der Waals surface area contributed by atoms with Crippen molar-refractivity contribution in [3.8, 4) is 0 Å². The second-order valence-corrected chi connectivity index (χ2v) is 8.25.